The number of carbonyl (C=O) groups is 3. The normalized spacial score (nSPS) is 17.8. The zero-order valence-corrected chi connectivity index (χ0v) is 19.6. The SMILES string of the molecule is Cc1ccc(C(=O)N2CCC([C@@H](NC(=O)c3ccccc3F)C(=O)N3CCCCC3)CC2)cc1. The van der Waals surface area contributed by atoms with E-state index in [1.54, 1.807) is 6.07 Å². The standard InChI is InChI=1S/C27H32FN3O3/c1-19-9-11-21(12-10-19)26(33)31-17-13-20(14-18-31)24(27(34)30-15-5-2-6-16-30)29-25(32)22-7-3-4-8-23(22)28/h3-4,7-12,20,24H,2,5-6,13-18H2,1H3,(H,29,32)/t24-/m1/s1. The van der Waals surface area contributed by atoms with Crippen LogP contribution in [0.3, 0.4) is 0 Å². The molecule has 0 radical (unpaired) electrons. The lowest BCUT2D eigenvalue weighted by Gasteiger charge is -2.38. The monoisotopic (exact) mass is 465 g/mol. The molecule has 7 heteroatoms. The second kappa shape index (κ2) is 10.8. The molecule has 34 heavy (non-hydrogen) atoms. The Morgan fingerprint density at radius 1 is 0.882 bits per heavy atom. The lowest BCUT2D eigenvalue weighted by atomic mass is 9.87. The number of piperidine rings is 2. The molecule has 0 aromatic heterocycles. The first-order valence-electron chi connectivity index (χ1n) is 12.1. The third-order valence-electron chi connectivity index (χ3n) is 6.94. The number of benzene rings is 2. The summed E-state index contributed by atoms with van der Waals surface area (Å²) in [5.41, 5.74) is 1.68. The fourth-order valence-corrected chi connectivity index (χ4v) is 4.87. The highest BCUT2D eigenvalue weighted by atomic mass is 19.1. The second-order valence-electron chi connectivity index (χ2n) is 9.31. The summed E-state index contributed by atoms with van der Waals surface area (Å²) in [5.74, 6) is -1.43. The van der Waals surface area contributed by atoms with Gasteiger partial charge in [0.05, 0.1) is 5.56 Å². The molecule has 1 N–H and O–H groups in total. The highest BCUT2D eigenvalue weighted by Crippen LogP contribution is 2.25. The maximum absolute atomic E-state index is 14.2. The molecule has 2 heterocycles. The van der Waals surface area contributed by atoms with E-state index in [2.05, 4.69) is 5.32 Å². The summed E-state index contributed by atoms with van der Waals surface area (Å²) in [4.78, 5) is 42.9. The molecule has 3 amide bonds. The van der Waals surface area contributed by atoms with Gasteiger partial charge in [-0.1, -0.05) is 29.8 Å². The number of nitrogens with zero attached hydrogens (tertiary/aromatic N) is 2. The maximum atomic E-state index is 14.2. The van der Waals surface area contributed by atoms with E-state index in [0.29, 0.717) is 44.6 Å². The average molecular weight is 466 g/mol. The van der Waals surface area contributed by atoms with Crippen LogP contribution in [0.15, 0.2) is 48.5 Å². The number of rotatable bonds is 5. The Morgan fingerprint density at radius 3 is 2.18 bits per heavy atom. The van der Waals surface area contributed by atoms with Crippen molar-refractivity contribution in [3.63, 3.8) is 0 Å². The van der Waals surface area contributed by atoms with E-state index in [-0.39, 0.29) is 23.3 Å². The van der Waals surface area contributed by atoms with E-state index in [4.69, 9.17) is 0 Å². The van der Waals surface area contributed by atoms with Gasteiger partial charge in [-0.05, 0) is 69.2 Å². The number of carbonyl (C=O) groups excluding carboxylic acids is 3. The molecule has 0 saturated carbocycles. The molecule has 2 fully saturated rings. The minimum atomic E-state index is -0.734. The van der Waals surface area contributed by atoms with Gasteiger partial charge in [-0.3, -0.25) is 14.4 Å². The Balaban J connectivity index is 1.47. The fraction of sp³-hybridized carbons (Fsp3) is 0.444. The van der Waals surface area contributed by atoms with Gasteiger partial charge in [0.2, 0.25) is 5.91 Å². The van der Waals surface area contributed by atoms with Crippen molar-refractivity contribution in [2.24, 2.45) is 5.92 Å². The van der Waals surface area contributed by atoms with Crippen LogP contribution in [0.5, 0.6) is 0 Å². The van der Waals surface area contributed by atoms with Gasteiger partial charge in [0.25, 0.3) is 11.8 Å². The Labute approximate surface area is 200 Å². The molecular formula is C27H32FN3O3. The van der Waals surface area contributed by atoms with Crippen LogP contribution in [0.2, 0.25) is 0 Å². The molecule has 0 bridgehead atoms. The van der Waals surface area contributed by atoms with E-state index < -0.39 is 17.8 Å². The van der Waals surface area contributed by atoms with Gasteiger partial charge in [0.15, 0.2) is 0 Å². The highest BCUT2D eigenvalue weighted by molar-refractivity contribution is 5.98. The van der Waals surface area contributed by atoms with Gasteiger partial charge in [-0.15, -0.1) is 0 Å². The Kier molecular flexibility index (Phi) is 7.60. The number of halogens is 1. The summed E-state index contributed by atoms with van der Waals surface area (Å²) in [5, 5.41) is 2.85. The summed E-state index contributed by atoms with van der Waals surface area (Å²) in [6, 6.07) is 12.6. The van der Waals surface area contributed by atoms with Crippen LogP contribution in [-0.2, 0) is 4.79 Å². The minimum Gasteiger partial charge on any atom is -0.341 e. The molecule has 0 aliphatic carbocycles. The predicted octanol–water partition coefficient (Wildman–Crippen LogP) is 3.80. The van der Waals surface area contributed by atoms with Crippen LogP contribution in [0.4, 0.5) is 4.39 Å². The lowest BCUT2D eigenvalue weighted by molar-refractivity contribution is -0.136. The number of likely N-dealkylation sites (tertiary alicyclic amines) is 2. The highest BCUT2D eigenvalue weighted by Gasteiger charge is 2.37. The third-order valence-corrected chi connectivity index (χ3v) is 6.94. The molecule has 0 unspecified atom stereocenters. The van der Waals surface area contributed by atoms with Crippen molar-refractivity contribution in [2.45, 2.75) is 45.1 Å². The van der Waals surface area contributed by atoms with Crippen LogP contribution in [-0.4, -0.2) is 59.7 Å². The van der Waals surface area contributed by atoms with Crippen molar-refractivity contribution in [3.8, 4) is 0 Å². The van der Waals surface area contributed by atoms with Crippen LogP contribution in [0.1, 0.15) is 58.4 Å². The lowest BCUT2D eigenvalue weighted by Crippen LogP contribution is -2.55. The van der Waals surface area contributed by atoms with Crippen LogP contribution in [0, 0.1) is 18.7 Å². The van der Waals surface area contributed by atoms with E-state index in [0.717, 1.165) is 24.8 Å². The van der Waals surface area contributed by atoms with Crippen LogP contribution in [0.25, 0.3) is 0 Å². The molecule has 0 spiro atoms. The van der Waals surface area contributed by atoms with Gasteiger partial charge in [-0.25, -0.2) is 4.39 Å². The zero-order chi connectivity index (χ0) is 24.1. The fourth-order valence-electron chi connectivity index (χ4n) is 4.87. The van der Waals surface area contributed by atoms with Crippen molar-refractivity contribution in [3.05, 3.63) is 71.0 Å². The van der Waals surface area contributed by atoms with Gasteiger partial charge in [-0.2, -0.15) is 0 Å². The van der Waals surface area contributed by atoms with Gasteiger partial charge < -0.3 is 15.1 Å². The first-order valence-corrected chi connectivity index (χ1v) is 12.1. The number of aryl methyl sites for hydroxylation is 1. The van der Waals surface area contributed by atoms with Crippen molar-refractivity contribution >= 4 is 17.7 Å². The first kappa shape index (κ1) is 23.9. The molecule has 2 aliphatic heterocycles. The van der Waals surface area contributed by atoms with Crippen molar-refractivity contribution < 1.29 is 18.8 Å². The average Bonchev–Trinajstić information content (AvgIpc) is 2.88. The quantitative estimate of drug-likeness (QED) is 0.730. The van der Waals surface area contributed by atoms with E-state index >= 15 is 0 Å². The molecule has 180 valence electrons. The van der Waals surface area contributed by atoms with Crippen LogP contribution >= 0.6 is 0 Å². The molecule has 4 rings (SSSR count). The summed E-state index contributed by atoms with van der Waals surface area (Å²) < 4.78 is 14.2. The van der Waals surface area contributed by atoms with Gasteiger partial charge >= 0.3 is 0 Å². The van der Waals surface area contributed by atoms with E-state index in [1.807, 2.05) is 41.0 Å². The van der Waals surface area contributed by atoms with Crippen molar-refractivity contribution in [1.29, 1.82) is 0 Å². The summed E-state index contributed by atoms with van der Waals surface area (Å²) in [6.07, 6.45) is 4.18. The second-order valence-corrected chi connectivity index (χ2v) is 9.31. The van der Waals surface area contributed by atoms with Gasteiger partial charge in [0.1, 0.15) is 11.9 Å². The molecule has 2 aromatic carbocycles. The van der Waals surface area contributed by atoms with Crippen molar-refractivity contribution in [1.82, 2.24) is 15.1 Å². The summed E-state index contributed by atoms with van der Waals surface area (Å²) in [6.45, 7) is 4.35. The molecule has 6 nitrogen and oxygen atoms in total. The molecule has 2 saturated heterocycles. The summed E-state index contributed by atoms with van der Waals surface area (Å²) >= 11 is 0. The number of nitrogens with one attached hydrogen (secondary N) is 1. The number of hydrogen-bond donors (Lipinski definition) is 1. The maximum Gasteiger partial charge on any atom is 0.254 e. The number of hydrogen-bond acceptors (Lipinski definition) is 3. The van der Waals surface area contributed by atoms with Crippen LogP contribution < -0.4 is 5.32 Å². The largest absolute Gasteiger partial charge is 0.341 e. The Morgan fingerprint density at radius 2 is 1.53 bits per heavy atom. The molecular weight excluding hydrogens is 433 g/mol. The van der Waals surface area contributed by atoms with Gasteiger partial charge in [0, 0.05) is 31.7 Å². The molecule has 2 aromatic rings. The molecule has 1 atom stereocenters. The third kappa shape index (κ3) is 5.46. The minimum absolute atomic E-state index is 0.0206. The van der Waals surface area contributed by atoms with Crippen molar-refractivity contribution in [2.75, 3.05) is 26.2 Å². The zero-order valence-electron chi connectivity index (χ0n) is 19.6. The van der Waals surface area contributed by atoms with E-state index in [1.165, 1.54) is 18.2 Å². The molecule has 2 aliphatic rings. The Bertz CT molecular complexity index is 1030. The smallest absolute Gasteiger partial charge is 0.254 e. The first-order chi connectivity index (χ1) is 16.4. The predicted molar refractivity (Wildman–Crippen MR) is 128 cm³/mol. The number of amides is 3. The topological polar surface area (TPSA) is 69.7 Å². The van der Waals surface area contributed by atoms with E-state index in [9.17, 15) is 18.8 Å². The summed E-state index contributed by atoms with van der Waals surface area (Å²) in [7, 11) is 0. The Hall–Kier alpha value is -3.22.